The van der Waals surface area contributed by atoms with E-state index in [1.807, 2.05) is 6.92 Å². The predicted molar refractivity (Wildman–Crippen MR) is 74.1 cm³/mol. The summed E-state index contributed by atoms with van der Waals surface area (Å²) in [6, 6.07) is 9.90. The topological polar surface area (TPSA) is 85.1 Å². The minimum absolute atomic E-state index is 0.202. The number of aryl methyl sites for hydroxylation is 1. The lowest BCUT2D eigenvalue weighted by molar-refractivity contribution is 0.601. The second kappa shape index (κ2) is 5.38. The largest absolute Gasteiger partial charge is 0.326 e. The van der Waals surface area contributed by atoms with E-state index in [2.05, 4.69) is 9.71 Å². The Kier molecular flexibility index (Phi) is 3.82. The van der Waals surface area contributed by atoms with Gasteiger partial charge in [-0.25, -0.2) is 13.4 Å². The highest BCUT2D eigenvalue weighted by atomic mass is 32.2. The van der Waals surface area contributed by atoms with Crippen LogP contribution in [0.3, 0.4) is 0 Å². The van der Waals surface area contributed by atoms with Crippen molar-refractivity contribution in [2.24, 2.45) is 5.73 Å². The zero-order valence-corrected chi connectivity index (χ0v) is 11.3. The Labute approximate surface area is 112 Å². The van der Waals surface area contributed by atoms with Crippen molar-refractivity contribution in [1.82, 2.24) is 4.98 Å². The van der Waals surface area contributed by atoms with Crippen molar-refractivity contribution in [3.63, 3.8) is 0 Å². The maximum atomic E-state index is 12.2. The molecule has 0 radical (unpaired) electrons. The van der Waals surface area contributed by atoms with Gasteiger partial charge in [0.25, 0.3) is 10.0 Å². The van der Waals surface area contributed by atoms with Gasteiger partial charge in [0.15, 0.2) is 0 Å². The van der Waals surface area contributed by atoms with Gasteiger partial charge in [-0.15, -0.1) is 0 Å². The number of nitrogens with two attached hydrogens (primary N) is 1. The third-order valence-corrected chi connectivity index (χ3v) is 4.10. The lowest BCUT2D eigenvalue weighted by atomic mass is 10.1. The monoisotopic (exact) mass is 277 g/mol. The van der Waals surface area contributed by atoms with Gasteiger partial charge in [0, 0.05) is 12.7 Å². The van der Waals surface area contributed by atoms with Gasteiger partial charge in [-0.1, -0.05) is 12.1 Å². The molecule has 0 aliphatic heterocycles. The van der Waals surface area contributed by atoms with E-state index in [1.54, 1.807) is 36.4 Å². The molecule has 100 valence electrons. The summed E-state index contributed by atoms with van der Waals surface area (Å²) in [6.07, 6.45) is 1.53. The van der Waals surface area contributed by atoms with Gasteiger partial charge in [0.1, 0.15) is 5.82 Å². The van der Waals surface area contributed by atoms with Crippen LogP contribution < -0.4 is 10.5 Å². The molecule has 0 fully saturated rings. The molecule has 0 unspecified atom stereocenters. The van der Waals surface area contributed by atoms with Crippen LogP contribution >= 0.6 is 0 Å². The average Bonchev–Trinajstić information content (AvgIpc) is 2.39. The summed E-state index contributed by atoms with van der Waals surface area (Å²) in [4.78, 5) is 4.14. The Balaban J connectivity index is 2.32. The van der Waals surface area contributed by atoms with Crippen LogP contribution in [0.4, 0.5) is 5.82 Å². The van der Waals surface area contributed by atoms with Crippen molar-refractivity contribution >= 4 is 15.8 Å². The van der Waals surface area contributed by atoms with Crippen molar-refractivity contribution in [3.05, 3.63) is 53.7 Å². The van der Waals surface area contributed by atoms with Gasteiger partial charge in [0.2, 0.25) is 0 Å². The van der Waals surface area contributed by atoms with Gasteiger partial charge in [-0.2, -0.15) is 0 Å². The van der Waals surface area contributed by atoms with Crippen LogP contribution in [-0.2, 0) is 16.6 Å². The minimum atomic E-state index is -3.61. The van der Waals surface area contributed by atoms with E-state index in [9.17, 15) is 8.42 Å². The summed E-state index contributed by atoms with van der Waals surface area (Å²) < 4.78 is 26.8. The van der Waals surface area contributed by atoms with Crippen molar-refractivity contribution in [2.75, 3.05) is 4.72 Å². The molecule has 2 aromatic rings. The van der Waals surface area contributed by atoms with E-state index in [1.165, 1.54) is 6.20 Å². The predicted octanol–water partition coefficient (Wildman–Crippen LogP) is 1.65. The highest BCUT2D eigenvalue weighted by Crippen LogP contribution is 2.17. The fourth-order valence-electron chi connectivity index (χ4n) is 1.68. The molecule has 0 saturated carbocycles. The van der Waals surface area contributed by atoms with E-state index in [0.717, 1.165) is 11.1 Å². The van der Waals surface area contributed by atoms with Gasteiger partial charge < -0.3 is 5.73 Å². The first kappa shape index (κ1) is 13.5. The number of hydrogen-bond donors (Lipinski definition) is 2. The number of benzene rings is 1. The molecule has 1 aromatic heterocycles. The van der Waals surface area contributed by atoms with Crippen molar-refractivity contribution < 1.29 is 8.42 Å². The molecular weight excluding hydrogens is 262 g/mol. The molecule has 0 saturated heterocycles. The first-order valence-corrected chi connectivity index (χ1v) is 7.25. The van der Waals surface area contributed by atoms with Crippen LogP contribution in [0.2, 0.25) is 0 Å². The summed E-state index contributed by atoms with van der Waals surface area (Å²) in [7, 11) is -3.61. The molecule has 1 aromatic carbocycles. The molecule has 0 spiro atoms. The molecule has 3 N–H and O–H groups in total. The standard InChI is InChI=1S/C13H15N3O2S/c1-10-8-12(6-5-11(10)9-14)19(17,18)16-13-4-2-3-7-15-13/h2-8H,9,14H2,1H3,(H,15,16). The average molecular weight is 277 g/mol. The molecular formula is C13H15N3O2S. The molecule has 2 rings (SSSR count). The Hall–Kier alpha value is -1.92. The Bertz CT molecular complexity index is 670. The molecule has 1 heterocycles. The van der Waals surface area contributed by atoms with E-state index < -0.39 is 10.0 Å². The molecule has 5 nitrogen and oxygen atoms in total. The number of pyridine rings is 1. The zero-order valence-electron chi connectivity index (χ0n) is 10.5. The SMILES string of the molecule is Cc1cc(S(=O)(=O)Nc2ccccn2)ccc1CN. The number of rotatable bonds is 4. The van der Waals surface area contributed by atoms with Gasteiger partial charge in [0.05, 0.1) is 4.90 Å². The Morgan fingerprint density at radius 3 is 2.63 bits per heavy atom. The second-order valence-corrected chi connectivity index (χ2v) is 5.80. The molecule has 6 heteroatoms. The van der Waals surface area contributed by atoms with Crippen LogP contribution in [0.15, 0.2) is 47.5 Å². The van der Waals surface area contributed by atoms with E-state index >= 15 is 0 Å². The summed E-state index contributed by atoms with van der Waals surface area (Å²) in [5.74, 6) is 0.294. The molecule has 0 aliphatic carbocycles. The number of aromatic nitrogens is 1. The quantitative estimate of drug-likeness (QED) is 0.889. The van der Waals surface area contributed by atoms with Crippen LogP contribution in [0, 0.1) is 6.92 Å². The van der Waals surface area contributed by atoms with Gasteiger partial charge in [-0.05, 0) is 42.3 Å². The molecule has 0 bridgehead atoms. The molecule has 0 atom stereocenters. The number of nitrogens with zero attached hydrogens (tertiary/aromatic N) is 1. The van der Waals surface area contributed by atoms with Crippen LogP contribution in [0.25, 0.3) is 0 Å². The Morgan fingerprint density at radius 2 is 2.05 bits per heavy atom. The summed E-state index contributed by atoms with van der Waals surface area (Å²) in [5.41, 5.74) is 7.34. The number of sulfonamides is 1. The van der Waals surface area contributed by atoms with Crippen molar-refractivity contribution in [3.8, 4) is 0 Å². The number of hydrogen-bond acceptors (Lipinski definition) is 4. The molecule has 19 heavy (non-hydrogen) atoms. The smallest absolute Gasteiger partial charge is 0.263 e. The number of nitrogens with one attached hydrogen (secondary N) is 1. The first-order valence-electron chi connectivity index (χ1n) is 5.76. The highest BCUT2D eigenvalue weighted by molar-refractivity contribution is 7.92. The Morgan fingerprint density at radius 1 is 1.26 bits per heavy atom. The van der Waals surface area contributed by atoms with Crippen molar-refractivity contribution in [2.45, 2.75) is 18.4 Å². The zero-order chi connectivity index (χ0) is 13.9. The highest BCUT2D eigenvalue weighted by Gasteiger charge is 2.15. The molecule has 0 amide bonds. The fraction of sp³-hybridized carbons (Fsp3) is 0.154. The summed E-state index contributed by atoms with van der Waals surface area (Å²) in [5, 5.41) is 0. The third kappa shape index (κ3) is 3.10. The fourth-order valence-corrected chi connectivity index (χ4v) is 2.78. The van der Waals surface area contributed by atoms with E-state index in [0.29, 0.717) is 12.4 Å². The lowest BCUT2D eigenvalue weighted by Crippen LogP contribution is -2.14. The maximum absolute atomic E-state index is 12.2. The minimum Gasteiger partial charge on any atom is -0.326 e. The van der Waals surface area contributed by atoms with Crippen molar-refractivity contribution in [1.29, 1.82) is 0 Å². The van der Waals surface area contributed by atoms with Crippen LogP contribution in [0.1, 0.15) is 11.1 Å². The normalized spacial score (nSPS) is 11.3. The summed E-state index contributed by atoms with van der Waals surface area (Å²) >= 11 is 0. The van der Waals surface area contributed by atoms with Crippen LogP contribution in [0.5, 0.6) is 0 Å². The number of anilines is 1. The van der Waals surface area contributed by atoms with Gasteiger partial charge >= 0.3 is 0 Å². The second-order valence-electron chi connectivity index (χ2n) is 4.11. The van der Waals surface area contributed by atoms with E-state index in [-0.39, 0.29) is 4.90 Å². The lowest BCUT2D eigenvalue weighted by Gasteiger charge is -2.09. The van der Waals surface area contributed by atoms with Crippen LogP contribution in [-0.4, -0.2) is 13.4 Å². The molecule has 0 aliphatic rings. The third-order valence-electron chi connectivity index (χ3n) is 2.75. The first-order chi connectivity index (χ1) is 9.03. The van der Waals surface area contributed by atoms with E-state index in [4.69, 9.17) is 5.73 Å². The van der Waals surface area contributed by atoms with Gasteiger partial charge in [-0.3, -0.25) is 4.72 Å². The maximum Gasteiger partial charge on any atom is 0.263 e. The summed E-state index contributed by atoms with van der Waals surface area (Å²) in [6.45, 7) is 2.22.